The van der Waals surface area contributed by atoms with Crippen molar-refractivity contribution in [1.29, 1.82) is 0 Å². The third-order valence-electron chi connectivity index (χ3n) is 0.858. The van der Waals surface area contributed by atoms with Crippen molar-refractivity contribution in [2.24, 2.45) is 0 Å². The summed E-state index contributed by atoms with van der Waals surface area (Å²) in [6.07, 6.45) is 1.51. The maximum atomic E-state index is 10.4. The van der Waals surface area contributed by atoms with Gasteiger partial charge >= 0.3 is 51.4 Å². The van der Waals surface area contributed by atoms with Gasteiger partial charge in [-0.1, -0.05) is 6.07 Å². The zero-order valence-electron chi connectivity index (χ0n) is 5.74. The summed E-state index contributed by atoms with van der Waals surface area (Å²) in [6.45, 7) is 3.17. The van der Waals surface area contributed by atoms with Crippen LogP contribution in [0.25, 0.3) is 0 Å². The zero-order valence-corrected chi connectivity index (χ0v) is 8.86. The predicted molar refractivity (Wildman–Crippen MR) is 31.7 cm³/mol. The van der Waals surface area contributed by atoms with Crippen LogP contribution in [0, 0.1) is 6.92 Å². The molecule has 0 radical (unpaired) electrons. The summed E-state index contributed by atoms with van der Waals surface area (Å²) >= 11 is 0. The average Bonchev–Trinajstić information content (AvgIpc) is 1.90. The first-order valence-corrected chi connectivity index (χ1v) is 2.44. The Hall–Kier alpha value is 0.256. The third-order valence-corrected chi connectivity index (χ3v) is 0.858. The minimum absolute atomic E-state index is 0. The van der Waals surface area contributed by atoms with E-state index >= 15 is 0 Å². The van der Waals surface area contributed by atoms with E-state index in [1.807, 2.05) is 0 Å². The number of hydrogen-bond donors (Lipinski definition) is 0. The topological polar surface area (TPSA) is 42.9 Å². The van der Waals surface area contributed by atoms with Crippen LogP contribution in [0.5, 0.6) is 0 Å². The van der Waals surface area contributed by atoms with Crippen molar-refractivity contribution in [1.82, 2.24) is 10.2 Å². The Morgan fingerprint density at radius 2 is 2.30 bits per heavy atom. The number of Topliss-reactive ketones (excluding diaryl/α,β-unsaturated/α-hetero) is 1. The Balaban J connectivity index is 0.000000810. The van der Waals surface area contributed by atoms with Gasteiger partial charge < -0.3 is 4.79 Å². The molecule has 0 aliphatic carbocycles. The van der Waals surface area contributed by atoms with E-state index in [9.17, 15) is 4.79 Å². The Kier molecular flexibility index (Phi) is 5.11. The van der Waals surface area contributed by atoms with Gasteiger partial charge in [0.1, 0.15) is 0 Å². The van der Waals surface area contributed by atoms with Crippen LogP contribution in [0.4, 0.5) is 0 Å². The number of aromatic nitrogens is 2. The fourth-order valence-corrected chi connectivity index (χ4v) is 0.450. The summed E-state index contributed by atoms with van der Waals surface area (Å²) in [5.41, 5.74) is 0.303. The molecule has 0 N–H and O–H groups in total. The molecule has 3 nitrogen and oxygen atoms in total. The van der Waals surface area contributed by atoms with E-state index in [2.05, 4.69) is 17.1 Å². The van der Waals surface area contributed by atoms with Crippen molar-refractivity contribution >= 4 is 5.78 Å². The number of rotatable bonds is 1. The molecule has 0 aliphatic rings. The fraction of sp³-hybridized carbons (Fsp3) is 0. The first-order chi connectivity index (χ1) is 4.30. The minimum Gasteiger partial charge on any atom is -0.330 e. The molecule has 1 rings (SSSR count). The van der Waals surface area contributed by atoms with Crippen LogP contribution in [0.1, 0.15) is 10.5 Å². The van der Waals surface area contributed by atoms with Crippen LogP contribution in [-0.4, -0.2) is 16.0 Å². The van der Waals surface area contributed by atoms with Crippen molar-refractivity contribution in [3.8, 4) is 0 Å². The Bertz CT molecular complexity index is 212. The number of nitrogens with zero attached hydrogens (tertiary/aromatic N) is 2. The fourth-order valence-electron chi connectivity index (χ4n) is 0.450. The van der Waals surface area contributed by atoms with Crippen LogP contribution in [-0.2, 0) is 0 Å². The van der Waals surface area contributed by atoms with Crippen LogP contribution >= 0.6 is 0 Å². The molecule has 0 saturated heterocycles. The first-order valence-electron chi connectivity index (χ1n) is 2.44. The van der Waals surface area contributed by atoms with E-state index in [1.165, 1.54) is 6.20 Å². The Morgan fingerprint density at radius 3 is 2.60 bits per heavy atom. The smallest absolute Gasteiger partial charge is 0.330 e. The van der Waals surface area contributed by atoms with E-state index in [4.69, 9.17) is 0 Å². The van der Waals surface area contributed by atoms with Gasteiger partial charge in [0.2, 0.25) is 0 Å². The molecule has 0 amide bonds. The van der Waals surface area contributed by atoms with E-state index in [-0.39, 0.29) is 57.2 Å². The van der Waals surface area contributed by atoms with Gasteiger partial charge in [-0.05, 0) is 5.69 Å². The molecule has 46 valence electrons. The normalized spacial score (nSPS) is 8.00. The summed E-state index contributed by atoms with van der Waals surface area (Å²) in [4.78, 5) is 10.4. The molecule has 0 bridgehead atoms. The second kappa shape index (κ2) is 4.98. The van der Waals surface area contributed by atoms with Gasteiger partial charge in [0, 0.05) is 12.0 Å². The largest absolute Gasteiger partial charge is 1.00 e. The molecule has 4 heteroatoms. The Labute approximate surface area is 102 Å². The predicted octanol–water partition coefficient (Wildman–Crippen LogP) is -2.50. The van der Waals surface area contributed by atoms with Crippen LogP contribution in [0.3, 0.4) is 0 Å². The maximum absolute atomic E-state index is 10.4. The van der Waals surface area contributed by atoms with Crippen LogP contribution < -0.4 is 51.4 Å². The van der Waals surface area contributed by atoms with E-state index in [1.54, 1.807) is 12.1 Å². The van der Waals surface area contributed by atoms with Gasteiger partial charge in [-0.2, -0.15) is 12.0 Å². The molecule has 0 saturated carbocycles. The third kappa shape index (κ3) is 2.89. The van der Waals surface area contributed by atoms with Crippen molar-refractivity contribution < 1.29 is 56.2 Å². The minimum atomic E-state index is -0.303. The number of ketones is 1. The molecule has 0 fully saturated rings. The monoisotopic (exact) mass is 160 g/mol. The molecule has 1 aromatic heterocycles. The second-order valence-electron chi connectivity index (χ2n) is 1.53. The van der Waals surface area contributed by atoms with Gasteiger partial charge in [0.25, 0.3) is 0 Å². The quantitative estimate of drug-likeness (QED) is 0.259. The molecule has 0 spiro atoms. The summed E-state index contributed by atoms with van der Waals surface area (Å²) < 4.78 is 0. The second-order valence-corrected chi connectivity index (χ2v) is 1.53. The summed E-state index contributed by atoms with van der Waals surface area (Å²) in [6, 6.07) is 3.22. The number of carbonyl (C=O) groups is 1. The molecule has 0 aliphatic heterocycles. The van der Waals surface area contributed by atoms with E-state index < -0.39 is 0 Å². The Morgan fingerprint density at radius 1 is 1.60 bits per heavy atom. The van der Waals surface area contributed by atoms with Gasteiger partial charge in [-0.25, -0.2) is 5.10 Å². The molecule has 1 heterocycles. The molecular weight excluding hydrogens is 155 g/mol. The summed E-state index contributed by atoms with van der Waals surface area (Å²) in [5, 5.41) is 7.01. The van der Waals surface area contributed by atoms with Crippen molar-refractivity contribution in [2.75, 3.05) is 0 Å². The number of hydrogen-bond acceptors (Lipinski definition) is 3. The first kappa shape index (κ1) is 10.3. The molecule has 10 heavy (non-hydrogen) atoms. The molecule has 0 aromatic carbocycles. The van der Waals surface area contributed by atoms with Gasteiger partial charge in [-0.15, -0.1) is 6.07 Å². The summed E-state index contributed by atoms with van der Waals surface area (Å²) in [5.74, 6) is -0.303. The molecular formula is C6H5KN2O. The number of carbonyl (C=O) groups excluding carboxylic acids is 1. The average molecular weight is 160 g/mol. The van der Waals surface area contributed by atoms with Crippen molar-refractivity contribution in [3.05, 3.63) is 30.9 Å². The van der Waals surface area contributed by atoms with Gasteiger partial charge in [-0.3, -0.25) is 0 Å². The molecule has 0 unspecified atom stereocenters. The van der Waals surface area contributed by atoms with Crippen molar-refractivity contribution in [2.45, 2.75) is 0 Å². The maximum Gasteiger partial charge on any atom is 1.00 e. The summed E-state index contributed by atoms with van der Waals surface area (Å²) in [7, 11) is 0. The van der Waals surface area contributed by atoms with E-state index in [0.29, 0.717) is 5.69 Å². The van der Waals surface area contributed by atoms with Gasteiger partial charge in [0.15, 0.2) is 0 Å². The molecule has 0 atom stereocenters. The SMILES string of the molecule is [CH2-]C(=O)c1cccnn1.[K+]. The van der Waals surface area contributed by atoms with Crippen LogP contribution in [0.2, 0.25) is 0 Å². The van der Waals surface area contributed by atoms with E-state index in [0.717, 1.165) is 0 Å². The zero-order chi connectivity index (χ0) is 6.69. The standard InChI is InChI=1S/C6H5N2O.K/c1-5(9)6-3-2-4-7-8-6;/h2-4H,1H2;/q-1;+1. The molecule has 1 aromatic rings. The van der Waals surface area contributed by atoms with Gasteiger partial charge in [0.05, 0.1) is 0 Å². The van der Waals surface area contributed by atoms with Crippen molar-refractivity contribution in [3.63, 3.8) is 0 Å². The van der Waals surface area contributed by atoms with Crippen LogP contribution in [0.15, 0.2) is 18.3 Å².